The highest BCUT2D eigenvalue weighted by atomic mass is 127. The molecule has 80 valence electrons. The molecule has 0 amide bonds. The largest absolute Gasteiger partial charge is 0.317 e. The molecule has 0 aliphatic carbocycles. The van der Waals surface area contributed by atoms with Gasteiger partial charge in [-0.3, -0.25) is 0 Å². The molecule has 0 bridgehead atoms. The number of nitrogens with zero attached hydrogens (tertiary/aromatic N) is 1. The molecule has 0 radical (unpaired) electrons. The van der Waals surface area contributed by atoms with Gasteiger partial charge in [-0.1, -0.05) is 24.3 Å². The van der Waals surface area contributed by atoms with E-state index in [2.05, 4.69) is 75.5 Å². The van der Waals surface area contributed by atoms with Crippen LogP contribution in [0.25, 0.3) is 20.2 Å². The highest BCUT2D eigenvalue weighted by molar-refractivity contribution is 14.1. The van der Waals surface area contributed by atoms with Gasteiger partial charge < -0.3 is 3.11 Å². The first kappa shape index (κ1) is 10.4. The Morgan fingerprint density at radius 1 is 1.00 bits per heavy atom. The second-order valence-electron chi connectivity index (χ2n) is 3.73. The molecule has 0 unspecified atom stereocenters. The molecule has 0 saturated carbocycles. The summed E-state index contributed by atoms with van der Waals surface area (Å²) in [6.45, 7) is 0. The van der Waals surface area contributed by atoms with Gasteiger partial charge in [0.1, 0.15) is 0 Å². The lowest BCUT2D eigenvalue weighted by Gasteiger charge is -2.11. The van der Waals surface area contributed by atoms with E-state index in [1.54, 1.807) is 0 Å². The number of hydrogen-bond acceptors (Lipinski definition) is 2. The van der Waals surface area contributed by atoms with Gasteiger partial charge in [-0.2, -0.15) is 0 Å². The molecular formula is C13H10INS. The van der Waals surface area contributed by atoms with Crippen LogP contribution in [0.15, 0.2) is 42.5 Å². The summed E-state index contributed by atoms with van der Waals surface area (Å²) in [5, 5.41) is 2.74. The molecule has 0 N–H and O–H groups in total. The van der Waals surface area contributed by atoms with Crippen molar-refractivity contribution in [3.8, 4) is 0 Å². The monoisotopic (exact) mass is 339 g/mol. The maximum Gasteiger partial charge on any atom is 0.0588 e. The van der Waals surface area contributed by atoms with Crippen molar-refractivity contribution < 1.29 is 0 Å². The van der Waals surface area contributed by atoms with E-state index in [-0.39, 0.29) is 0 Å². The highest BCUT2D eigenvalue weighted by Crippen LogP contribution is 2.39. The Balaban J connectivity index is 2.53. The molecule has 0 atom stereocenters. The Morgan fingerprint density at radius 3 is 2.56 bits per heavy atom. The molecule has 16 heavy (non-hydrogen) atoms. The third-order valence-corrected chi connectivity index (χ3v) is 4.37. The average molecular weight is 339 g/mol. The number of benzene rings is 2. The van der Waals surface area contributed by atoms with E-state index in [4.69, 9.17) is 0 Å². The smallest absolute Gasteiger partial charge is 0.0588 e. The van der Waals surface area contributed by atoms with E-state index in [1.807, 2.05) is 11.3 Å². The van der Waals surface area contributed by atoms with E-state index >= 15 is 0 Å². The zero-order chi connectivity index (χ0) is 11.1. The van der Waals surface area contributed by atoms with Crippen LogP contribution in [0.2, 0.25) is 0 Å². The van der Waals surface area contributed by atoms with Crippen LogP contribution < -0.4 is 3.11 Å². The molecule has 3 rings (SSSR count). The Labute approximate surface area is 112 Å². The lowest BCUT2D eigenvalue weighted by Crippen LogP contribution is -1.98. The summed E-state index contributed by atoms with van der Waals surface area (Å²) in [7, 11) is 2.09. The zero-order valence-corrected chi connectivity index (χ0v) is 11.7. The fraction of sp³-hybridized carbons (Fsp3) is 0.0769. The highest BCUT2D eigenvalue weighted by Gasteiger charge is 2.09. The quantitative estimate of drug-likeness (QED) is 0.453. The van der Waals surface area contributed by atoms with Crippen molar-refractivity contribution in [1.29, 1.82) is 0 Å². The standard InChI is InChI=1S/C13H10INS/c1-15(14)10-6-4-8-12-13(10)9-5-2-3-7-11(9)16-12/h2-8H,1H3. The number of halogens is 1. The molecule has 0 aliphatic heterocycles. The molecule has 3 aromatic rings. The predicted octanol–water partition coefficient (Wildman–Crippen LogP) is 4.84. The van der Waals surface area contributed by atoms with Crippen LogP contribution in [-0.4, -0.2) is 7.05 Å². The Bertz CT molecular complexity index is 657. The Kier molecular flexibility index (Phi) is 2.52. The van der Waals surface area contributed by atoms with Crippen LogP contribution in [0.4, 0.5) is 5.69 Å². The van der Waals surface area contributed by atoms with Gasteiger partial charge in [-0.15, -0.1) is 11.3 Å². The second kappa shape index (κ2) is 3.89. The molecule has 1 aromatic heterocycles. The minimum Gasteiger partial charge on any atom is -0.317 e. The molecule has 0 spiro atoms. The number of fused-ring (bicyclic) bond motifs is 3. The molecular weight excluding hydrogens is 329 g/mol. The van der Waals surface area contributed by atoms with Gasteiger partial charge in [0.05, 0.1) is 28.6 Å². The fourth-order valence-corrected chi connectivity index (χ4v) is 3.54. The molecule has 2 aromatic carbocycles. The van der Waals surface area contributed by atoms with Crippen molar-refractivity contribution in [1.82, 2.24) is 0 Å². The van der Waals surface area contributed by atoms with Crippen molar-refractivity contribution in [2.75, 3.05) is 10.2 Å². The lowest BCUT2D eigenvalue weighted by atomic mass is 10.1. The first-order valence-electron chi connectivity index (χ1n) is 5.07. The molecule has 0 fully saturated rings. The first-order chi connectivity index (χ1) is 7.77. The molecule has 0 aliphatic rings. The van der Waals surface area contributed by atoms with E-state index in [0.29, 0.717) is 0 Å². The van der Waals surface area contributed by atoms with E-state index < -0.39 is 0 Å². The third kappa shape index (κ3) is 1.50. The number of thiophene rings is 1. The van der Waals surface area contributed by atoms with E-state index in [9.17, 15) is 0 Å². The number of hydrogen-bond donors (Lipinski definition) is 0. The predicted molar refractivity (Wildman–Crippen MR) is 81.8 cm³/mol. The number of anilines is 1. The Morgan fingerprint density at radius 2 is 1.75 bits per heavy atom. The van der Waals surface area contributed by atoms with Gasteiger partial charge in [-0.05, 0) is 18.2 Å². The topological polar surface area (TPSA) is 3.24 Å². The van der Waals surface area contributed by atoms with Crippen LogP contribution >= 0.6 is 34.2 Å². The van der Waals surface area contributed by atoms with Crippen molar-refractivity contribution in [2.24, 2.45) is 0 Å². The summed E-state index contributed by atoms with van der Waals surface area (Å²) in [6, 6.07) is 15.1. The summed E-state index contributed by atoms with van der Waals surface area (Å²) < 4.78 is 4.88. The Hall–Kier alpha value is -0.810. The lowest BCUT2D eigenvalue weighted by molar-refractivity contribution is 1.44. The van der Waals surface area contributed by atoms with E-state index in [1.165, 1.54) is 25.9 Å². The minimum absolute atomic E-state index is 1.29. The third-order valence-electron chi connectivity index (χ3n) is 2.71. The van der Waals surface area contributed by atoms with Crippen molar-refractivity contribution in [3.63, 3.8) is 0 Å². The van der Waals surface area contributed by atoms with Crippen molar-refractivity contribution in [2.45, 2.75) is 0 Å². The maximum atomic E-state index is 2.32. The summed E-state index contributed by atoms with van der Waals surface area (Å²) in [5.74, 6) is 0. The summed E-state index contributed by atoms with van der Waals surface area (Å²) >= 11 is 4.19. The molecule has 1 heterocycles. The van der Waals surface area contributed by atoms with Gasteiger partial charge >= 0.3 is 0 Å². The van der Waals surface area contributed by atoms with Gasteiger partial charge in [0, 0.05) is 27.2 Å². The van der Waals surface area contributed by atoms with Crippen LogP contribution in [0.1, 0.15) is 0 Å². The van der Waals surface area contributed by atoms with Gasteiger partial charge in [0.25, 0.3) is 0 Å². The van der Waals surface area contributed by atoms with Crippen LogP contribution in [-0.2, 0) is 0 Å². The molecule has 0 saturated heterocycles. The zero-order valence-electron chi connectivity index (χ0n) is 8.77. The van der Waals surface area contributed by atoms with Crippen molar-refractivity contribution in [3.05, 3.63) is 42.5 Å². The van der Waals surface area contributed by atoms with Crippen LogP contribution in [0.3, 0.4) is 0 Å². The molecule has 3 heteroatoms. The minimum atomic E-state index is 1.29. The average Bonchev–Trinajstić information content (AvgIpc) is 2.66. The van der Waals surface area contributed by atoms with Crippen molar-refractivity contribution >= 4 is 60.1 Å². The maximum absolute atomic E-state index is 2.32. The summed E-state index contributed by atoms with van der Waals surface area (Å²) in [4.78, 5) is 0. The summed E-state index contributed by atoms with van der Waals surface area (Å²) in [5.41, 5.74) is 1.29. The summed E-state index contributed by atoms with van der Waals surface area (Å²) in [6.07, 6.45) is 0. The SMILES string of the molecule is CN(I)c1cccc2sc3ccccc3c12. The normalized spacial score (nSPS) is 11.1. The van der Waals surface area contributed by atoms with Crippen LogP contribution in [0, 0.1) is 0 Å². The first-order valence-corrected chi connectivity index (χ1v) is 6.85. The van der Waals surface area contributed by atoms with Gasteiger partial charge in [-0.25, -0.2) is 0 Å². The van der Waals surface area contributed by atoms with Crippen LogP contribution in [0.5, 0.6) is 0 Å². The molecule has 1 nitrogen and oxygen atoms in total. The van der Waals surface area contributed by atoms with Gasteiger partial charge in [0.2, 0.25) is 0 Å². The van der Waals surface area contributed by atoms with Gasteiger partial charge in [0.15, 0.2) is 0 Å². The fourth-order valence-electron chi connectivity index (χ4n) is 2.01. The van der Waals surface area contributed by atoms with E-state index in [0.717, 1.165) is 0 Å². The number of rotatable bonds is 1. The second-order valence-corrected chi connectivity index (χ2v) is 6.26.